The van der Waals surface area contributed by atoms with Crippen LogP contribution in [0, 0.1) is 5.82 Å². The fraction of sp³-hybridized carbons (Fsp3) is 0.154. The zero-order valence-corrected chi connectivity index (χ0v) is 9.84. The Bertz CT molecular complexity index is 565. The van der Waals surface area contributed by atoms with E-state index in [1.807, 2.05) is 17.5 Å². The van der Waals surface area contributed by atoms with Crippen molar-refractivity contribution in [3.05, 3.63) is 52.0 Å². The minimum absolute atomic E-state index is 0.00496. The fourth-order valence-electron chi connectivity index (χ4n) is 2.11. The highest BCUT2D eigenvalue weighted by atomic mass is 32.1. The van der Waals surface area contributed by atoms with Crippen LogP contribution in [0.3, 0.4) is 0 Å². The van der Waals surface area contributed by atoms with Crippen molar-refractivity contribution < 1.29 is 9.18 Å². The minimum atomic E-state index is -0.242. The molecule has 0 saturated heterocycles. The lowest BCUT2D eigenvalue weighted by Crippen LogP contribution is -2.28. The number of thiophene rings is 1. The molecule has 0 radical (unpaired) electrons. The Balaban J connectivity index is 1.96. The molecule has 0 unspecified atom stereocenters. The molecule has 3 rings (SSSR count). The Morgan fingerprint density at radius 1 is 1.35 bits per heavy atom. The third kappa shape index (κ3) is 1.74. The maximum absolute atomic E-state index is 13.1. The van der Waals surface area contributed by atoms with Gasteiger partial charge in [-0.05, 0) is 41.6 Å². The number of rotatable bonds is 1. The van der Waals surface area contributed by atoms with Gasteiger partial charge in [-0.15, -0.1) is 11.3 Å². The summed E-state index contributed by atoms with van der Waals surface area (Å²) < 4.78 is 13.1. The molecule has 2 aromatic rings. The molecule has 2 nitrogen and oxygen atoms in total. The first-order valence-corrected chi connectivity index (χ1v) is 6.27. The number of halogens is 1. The lowest BCUT2D eigenvalue weighted by molar-refractivity contribution is 0.0993. The molecule has 86 valence electrons. The lowest BCUT2D eigenvalue weighted by atomic mass is 10.1. The van der Waals surface area contributed by atoms with Crippen LogP contribution in [0.1, 0.15) is 15.2 Å². The molecule has 1 aromatic heterocycles. The number of amides is 1. The van der Waals surface area contributed by atoms with E-state index in [1.165, 1.54) is 23.5 Å². The van der Waals surface area contributed by atoms with Crippen molar-refractivity contribution in [3.63, 3.8) is 0 Å². The summed E-state index contributed by atoms with van der Waals surface area (Å²) in [6.07, 6.45) is 0.726. The van der Waals surface area contributed by atoms with Crippen LogP contribution < -0.4 is 4.90 Å². The molecule has 0 atom stereocenters. The van der Waals surface area contributed by atoms with Crippen LogP contribution in [0.4, 0.5) is 10.1 Å². The summed E-state index contributed by atoms with van der Waals surface area (Å²) in [4.78, 5) is 14.6. The number of hydrogen-bond donors (Lipinski definition) is 0. The average Bonchev–Trinajstić information content (AvgIpc) is 2.96. The quantitative estimate of drug-likeness (QED) is 0.758. The molecule has 0 fully saturated rings. The lowest BCUT2D eigenvalue weighted by Gasteiger charge is -2.16. The van der Waals surface area contributed by atoms with E-state index >= 15 is 0 Å². The standard InChI is InChI=1S/C13H10FNOS/c14-10-3-4-11-9(8-10)5-6-15(11)13(16)12-2-1-7-17-12/h1-4,7-8H,5-6H2. The van der Waals surface area contributed by atoms with Gasteiger partial charge >= 0.3 is 0 Å². The maximum Gasteiger partial charge on any atom is 0.268 e. The molecule has 17 heavy (non-hydrogen) atoms. The second-order valence-corrected chi connectivity index (χ2v) is 4.90. The molecule has 0 saturated carbocycles. The molecule has 0 N–H and O–H groups in total. The summed E-state index contributed by atoms with van der Waals surface area (Å²) in [6, 6.07) is 8.27. The Morgan fingerprint density at radius 2 is 2.24 bits per heavy atom. The molecule has 1 aliphatic heterocycles. The first-order valence-electron chi connectivity index (χ1n) is 5.39. The van der Waals surface area contributed by atoms with Crippen molar-refractivity contribution in [3.8, 4) is 0 Å². The second-order valence-electron chi connectivity index (χ2n) is 3.96. The summed E-state index contributed by atoms with van der Waals surface area (Å²) in [5, 5.41) is 1.88. The number of anilines is 1. The Kier molecular flexibility index (Phi) is 2.44. The number of carbonyl (C=O) groups is 1. The monoisotopic (exact) mass is 247 g/mol. The van der Waals surface area contributed by atoms with Crippen molar-refractivity contribution >= 4 is 22.9 Å². The zero-order chi connectivity index (χ0) is 11.8. The average molecular weight is 247 g/mol. The van der Waals surface area contributed by atoms with Gasteiger partial charge < -0.3 is 4.90 Å². The topological polar surface area (TPSA) is 20.3 Å². The molecule has 1 amide bonds. The molecular weight excluding hydrogens is 237 g/mol. The number of hydrogen-bond acceptors (Lipinski definition) is 2. The van der Waals surface area contributed by atoms with Gasteiger partial charge in [0.15, 0.2) is 0 Å². The van der Waals surface area contributed by atoms with Gasteiger partial charge in [0, 0.05) is 12.2 Å². The number of carbonyl (C=O) groups excluding carboxylic acids is 1. The number of fused-ring (bicyclic) bond motifs is 1. The van der Waals surface area contributed by atoms with Crippen LogP contribution in [0.2, 0.25) is 0 Å². The number of nitrogens with zero attached hydrogens (tertiary/aromatic N) is 1. The normalized spacial score (nSPS) is 13.8. The predicted octanol–water partition coefficient (Wildman–Crippen LogP) is 3.09. The van der Waals surface area contributed by atoms with E-state index < -0.39 is 0 Å². The first kappa shape index (κ1) is 10.5. The molecule has 0 aliphatic carbocycles. The van der Waals surface area contributed by atoms with Crippen molar-refractivity contribution in [2.24, 2.45) is 0 Å². The van der Waals surface area contributed by atoms with E-state index in [4.69, 9.17) is 0 Å². The van der Waals surface area contributed by atoms with Gasteiger partial charge in [0.05, 0.1) is 4.88 Å². The molecule has 2 heterocycles. The second kappa shape index (κ2) is 3.96. The van der Waals surface area contributed by atoms with Crippen molar-refractivity contribution in [2.75, 3.05) is 11.4 Å². The largest absolute Gasteiger partial charge is 0.307 e. The van der Waals surface area contributed by atoms with Gasteiger partial charge in [0.1, 0.15) is 5.82 Å². The van der Waals surface area contributed by atoms with E-state index in [1.54, 1.807) is 11.0 Å². The van der Waals surface area contributed by atoms with Crippen LogP contribution in [-0.4, -0.2) is 12.5 Å². The van der Waals surface area contributed by atoms with Gasteiger partial charge in [0.2, 0.25) is 0 Å². The van der Waals surface area contributed by atoms with E-state index in [2.05, 4.69) is 0 Å². The van der Waals surface area contributed by atoms with Crippen LogP contribution in [-0.2, 0) is 6.42 Å². The molecule has 1 aromatic carbocycles. The Morgan fingerprint density at radius 3 is 3.00 bits per heavy atom. The van der Waals surface area contributed by atoms with Crippen molar-refractivity contribution in [1.82, 2.24) is 0 Å². The molecule has 1 aliphatic rings. The summed E-state index contributed by atoms with van der Waals surface area (Å²) in [5.74, 6) is -0.237. The van der Waals surface area contributed by atoms with Gasteiger partial charge in [-0.25, -0.2) is 4.39 Å². The van der Waals surface area contributed by atoms with Crippen LogP contribution in [0.25, 0.3) is 0 Å². The van der Waals surface area contributed by atoms with Crippen molar-refractivity contribution in [1.29, 1.82) is 0 Å². The van der Waals surface area contributed by atoms with E-state index in [0.717, 1.165) is 22.5 Å². The van der Waals surface area contributed by atoms with E-state index in [0.29, 0.717) is 6.54 Å². The highest BCUT2D eigenvalue weighted by Gasteiger charge is 2.26. The highest BCUT2D eigenvalue weighted by molar-refractivity contribution is 7.12. The molecule has 0 bridgehead atoms. The zero-order valence-electron chi connectivity index (χ0n) is 9.02. The Labute approximate surface area is 102 Å². The molecule has 0 spiro atoms. The van der Waals surface area contributed by atoms with Crippen molar-refractivity contribution in [2.45, 2.75) is 6.42 Å². The summed E-state index contributed by atoms with van der Waals surface area (Å²) in [6.45, 7) is 0.634. The number of benzene rings is 1. The summed E-state index contributed by atoms with van der Waals surface area (Å²) >= 11 is 1.43. The first-order chi connectivity index (χ1) is 8.25. The summed E-state index contributed by atoms with van der Waals surface area (Å²) in [5.41, 5.74) is 1.75. The van der Waals surface area contributed by atoms with Gasteiger partial charge in [-0.3, -0.25) is 4.79 Å². The molecule has 4 heteroatoms. The Hall–Kier alpha value is -1.68. The molecular formula is C13H10FNOS. The smallest absolute Gasteiger partial charge is 0.268 e. The maximum atomic E-state index is 13.1. The third-order valence-corrected chi connectivity index (χ3v) is 3.77. The van der Waals surface area contributed by atoms with Gasteiger partial charge in [0.25, 0.3) is 5.91 Å². The highest BCUT2D eigenvalue weighted by Crippen LogP contribution is 2.30. The summed E-state index contributed by atoms with van der Waals surface area (Å²) in [7, 11) is 0. The van der Waals surface area contributed by atoms with E-state index in [-0.39, 0.29) is 11.7 Å². The minimum Gasteiger partial charge on any atom is -0.307 e. The van der Waals surface area contributed by atoms with Gasteiger partial charge in [-0.1, -0.05) is 6.07 Å². The van der Waals surface area contributed by atoms with Crippen LogP contribution >= 0.6 is 11.3 Å². The van der Waals surface area contributed by atoms with Gasteiger partial charge in [-0.2, -0.15) is 0 Å². The van der Waals surface area contributed by atoms with Crippen LogP contribution in [0.15, 0.2) is 35.7 Å². The SMILES string of the molecule is O=C(c1cccs1)N1CCc2cc(F)ccc21. The van der Waals surface area contributed by atoms with E-state index in [9.17, 15) is 9.18 Å². The van der Waals surface area contributed by atoms with Crippen LogP contribution in [0.5, 0.6) is 0 Å². The predicted molar refractivity (Wildman–Crippen MR) is 66.1 cm³/mol. The third-order valence-electron chi connectivity index (χ3n) is 2.91. The fourth-order valence-corrected chi connectivity index (χ4v) is 2.79.